The minimum absolute atomic E-state index is 0.531. The minimum atomic E-state index is 0.531. The van der Waals surface area contributed by atoms with Gasteiger partial charge in [0.2, 0.25) is 0 Å². The van der Waals surface area contributed by atoms with Crippen molar-refractivity contribution in [3.63, 3.8) is 0 Å². The quantitative estimate of drug-likeness (QED) is 0.709. The van der Waals surface area contributed by atoms with Crippen LogP contribution in [0.1, 0.15) is 22.3 Å². The summed E-state index contributed by atoms with van der Waals surface area (Å²) in [6.07, 6.45) is 0. The van der Waals surface area contributed by atoms with Gasteiger partial charge in [-0.2, -0.15) is 0 Å². The van der Waals surface area contributed by atoms with Crippen molar-refractivity contribution in [1.29, 1.82) is 0 Å². The lowest BCUT2D eigenvalue weighted by molar-refractivity contribution is 1.10. The highest BCUT2D eigenvalue weighted by Crippen LogP contribution is 2.34. The zero-order valence-electron chi connectivity index (χ0n) is 11.7. The van der Waals surface area contributed by atoms with Gasteiger partial charge in [0.05, 0.1) is 15.7 Å². The van der Waals surface area contributed by atoms with Crippen molar-refractivity contribution in [2.45, 2.75) is 27.3 Å². The molecule has 0 aliphatic rings. The molecule has 0 bridgehead atoms. The average Bonchev–Trinajstić information content (AvgIpc) is 2.33. The number of benzene rings is 2. The van der Waals surface area contributed by atoms with Crippen molar-refractivity contribution < 1.29 is 0 Å². The topological polar surface area (TPSA) is 12.0 Å². The number of rotatable bonds is 3. The van der Waals surface area contributed by atoms with Gasteiger partial charge in [0.25, 0.3) is 0 Å². The van der Waals surface area contributed by atoms with Gasteiger partial charge in [-0.05, 0) is 55.2 Å². The maximum atomic E-state index is 6.17. The molecule has 0 aliphatic heterocycles. The number of nitrogens with one attached hydrogen (secondary N) is 1. The van der Waals surface area contributed by atoms with E-state index in [0.717, 1.165) is 5.69 Å². The molecule has 2 aromatic rings. The van der Waals surface area contributed by atoms with Crippen LogP contribution in [0.3, 0.4) is 0 Å². The van der Waals surface area contributed by atoms with E-state index in [4.69, 9.17) is 34.8 Å². The molecule has 0 saturated heterocycles. The van der Waals surface area contributed by atoms with Crippen molar-refractivity contribution in [2.75, 3.05) is 5.32 Å². The lowest BCUT2D eigenvalue weighted by Gasteiger charge is -2.14. The van der Waals surface area contributed by atoms with Crippen molar-refractivity contribution >= 4 is 40.5 Å². The van der Waals surface area contributed by atoms with E-state index >= 15 is 0 Å². The van der Waals surface area contributed by atoms with Crippen LogP contribution in [0.15, 0.2) is 24.3 Å². The Balaban J connectivity index is 2.23. The summed E-state index contributed by atoms with van der Waals surface area (Å²) in [6.45, 7) is 7.01. The normalized spacial score (nSPS) is 10.7. The number of aryl methyl sites for hydroxylation is 3. The van der Waals surface area contributed by atoms with Crippen LogP contribution in [-0.2, 0) is 6.54 Å². The monoisotopic (exact) mass is 327 g/mol. The fraction of sp³-hybridized carbons (Fsp3) is 0.250. The molecule has 0 aliphatic carbocycles. The van der Waals surface area contributed by atoms with Gasteiger partial charge in [-0.15, -0.1) is 0 Å². The first kappa shape index (κ1) is 15.5. The summed E-state index contributed by atoms with van der Waals surface area (Å²) < 4.78 is 0. The average molecular weight is 329 g/mol. The van der Waals surface area contributed by atoms with Gasteiger partial charge in [0.15, 0.2) is 0 Å². The molecule has 0 spiro atoms. The molecule has 0 heterocycles. The van der Waals surface area contributed by atoms with E-state index in [1.54, 1.807) is 12.1 Å². The highest BCUT2D eigenvalue weighted by molar-refractivity contribution is 6.41. The Labute approximate surface area is 134 Å². The van der Waals surface area contributed by atoms with E-state index in [-0.39, 0.29) is 0 Å². The second-order valence-electron chi connectivity index (χ2n) is 4.96. The van der Waals surface area contributed by atoms with Crippen molar-refractivity contribution in [3.8, 4) is 0 Å². The van der Waals surface area contributed by atoms with Crippen LogP contribution < -0.4 is 5.32 Å². The SMILES string of the molecule is Cc1cc(C)c(CNc2c(Cl)cc(Cl)cc2Cl)cc1C. The Morgan fingerprint density at radius 2 is 1.35 bits per heavy atom. The maximum Gasteiger partial charge on any atom is 0.0722 e. The van der Waals surface area contributed by atoms with Crippen LogP contribution in [0, 0.1) is 20.8 Å². The van der Waals surface area contributed by atoms with E-state index in [0.29, 0.717) is 21.6 Å². The van der Waals surface area contributed by atoms with Gasteiger partial charge in [-0.25, -0.2) is 0 Å². The molecule has 20 heavy (non-hydrogen) atoms. The molecule has 2 rings (SSSR count). The fourth-order valence-electron chi connectivity index (χ4n) is 2.11. The fourth-order valence-corrected chi connectivity index (χ4v) is 3.06. The summed E-state index contributed by atoms with van der Waals surface area (Å²) in [7, 11) is 0. The standard InChI is InChI=1S/C16H16Cl3N/c1-9-4-11(3)12(5-10(9)2)8-20-16-14(18)6-13(17)7-15(16)19/h4-7,20H,8H2,1-3H3. The van der Waals surface area contributed by atoms with Crippen LogP contribution in [0.4, 0.5) is 5.69 Å². The zero-order chi connectivity index (χ0) is 14.9. The molecule has 2 aromatic carbocycles. The Bertz CT molecular complexity index is 627. The molecular formula is C16H16Cl3N. The molecule has 1 N–H and O–H groups in total. The second-order valence-corrected chi connectivity index (χ2v) is 6.21. The Kier molecular flexibility index (Phi) is 4.85. The first-order valence-corrected chi connectivity index (χ1v) is 7.47. The van der Waals surface area contributed by atoms with Crippen molar-refractivity contribution in [1.82, 2.24) is 0 Å². The van der Waals surface area contributed by atoms with Crippen LogP contribution in [0.5, 0.6) is 0 Å². The predicted molar refractivity (Wildman–Crippen MR) is 89.5 cm³/mol. The second kappa shape index (κ2) is 6.26. The molecule has 0 aromatic heterocycles. The molecule has 0 radical (unpaired) electrons. The van der Waals surface area contributed by atoms with Gasteiger partial charge in [0.1, 0.15) is 0 Å². The smallest absolute Gasteiger partial charge is 0.0722 e. The number of anilines is 1. The maximum absolute atomic E-state index is 6.17. The zero-order valence-corrected chi connectivity index (χ0v) is 13.9. The van der Waals surface area contributed by atoms with Crippen molar-refractivity contribution in [2.24, 2.45) is 0 Å². The summed E-state index contributed by atoms with van der Waals surface area (Å²) in [4.78, 5) is 0. The first-order chi connectivity index (χ1) is 9.38. The minimum Gasteiger partial charge on any atom is -0.379 e. The van der Waals surface area contributed by atoms with Gasteiger partial charge >= 0.3 is 0 Å². The number of halogens is 3. The van der Waals surface area contributed by atoms with E-state index in [1.165, 1.54) is 22.3 Å². The van der Waals surface area contributed by atoms with Gasteiger partial charge in [0, 0.05) is 11.6 Å². The lowest BCUT2D eigenvalue weighted by atomic mass is 10.0. The Hall–Kier alpha value is -0.890. The first-order valence-electron chi connectivity index (χ1n) is 6.33. The largest absolute Gasteiger partial charge is 0.379 e. The van der Waals surface area contributed by atoms with Crippen LogP contribution in [0.2, 0.25) is 15.1 Å². The third-order valence-electron chi connectivity index (χ3n) is 3.41. The van der Waals surface area contributed by atoms with E-state index in [2.05, 4.69) is 38.2 Å². The summed E-state index contributed by atoms with van der Waals surface area (Å²) >= 11 is 18.2. The summed E-state index contributed by atoms with van der Waals surface area (Å²) in [6, 6.07) is 7.75. The highest BCUT2D eigenvalue weighted by atomic mass is 35.5. The Morgan fingerprint density at radius 1 is 0.800 bits per heavy atom. The highest BCUT2D eigenvalue weighted by Gasteiger charge is 2.08. The molecule has 0 amide bonds. The van der Waals surface area contributed by atoms with Crippen LogP contribution in [0.25, 0.3) is 0 Å². The molecule has 106 valence electrons. The summed E-state index contributed by atoms with van der Waals surface area (Å²) in [5, 5.41) is 4.89. The Morgan fingerprint density at radius 3 is 1.95 bits per heavy atom. The third-order valence-corrected chi connectivity index (χ3v) is 4.23. The molecule has 4 heteroatoms. The summed E-state index contributed by atoms with van der Waals surface area (Å²) in [5.41, 5.74) is 5.78. The van der Waals surface area contributed by atoms with Crippen LogP contribution >= 0.6 is 34.8 Å². The van der Waals surface area contributed by atoms with E-state index < -0.39 is 0 Å². The lowest BCUT2D eigenvalue weighted by Crippen LogP contribution is -2.03. The molecule has 1 nitrogen and oxygen atoms in total. The summed E-state index contributed by atoms with van der Waals surface area (Å²) in [5.74, 6) is 0. The predicted octanol–water partition coefficient (Wildman–Crippen LogP) is 6.18. The van der Waals surface area contributed by atoms with Crippen LogP contribution in [-0.4, -0.2) is 0 Å². The third kappa shape index (κ3) is 3.41. The molecule has 0 atom stereocenters. The molecule has 0 saturated carbocycles. The molecule has 0 unspecified atom stereocenters. The number of hydrogen-bond donors (Lipinski definition) is 1. The van der Waals surface area contributed by atoms with E-state index in [1.807, 2.05) is 0 Å². The van der Waals surface area contributed by atoms with Crippen molar-refractivity contribution in [3.05, 3.63) is 61.6 Å². The van der Waals surface area contributed by atoms with Gasteiger partial charge in [-0.3, -0.25) is 0 Å². The van der Waals surface area contributed by atoms with Gasteiger partial charge in [-0.1, -0.05) is 46.9 Å². The number of hydrogen-bond acceptors (Lipinski definition) is 1. The molecular weight excluding hydrogens is 313 g/mol. The molecule has 0 fully saturated rings. The van der Waals surface area contributed by atoms with Gasteiger partial charge < -0.3 is 5.32 Å². The van der Waals surface area contributed by atoms with E-state index in [9.17, 15) is 0 Å².